The molecule has 4 heteroatoms. The molecule has 20 heavy (non-hydrogen) atoms. The molecule has 0 bridgehead atoms. The monoisotopic (exact) mass is 273 g/mol. The Bertz CT molecular complexity index is 609. The SMILES string of the molecule is O=C(O)c1cccc2nc(C3CCCCCCC3)oc12. The lowest BCUT2D eigenvalue weighted by Crippen LogP contribution is -2.02. The summed E-state index contributed by atoms with van der Waals surface area (Å²) in [6, 6.07) is 5.10. The van der Waals surface area contributed by atoms with Gasteiger partial charge in [0, 0.05) is 5.92 Å². The molecular weight excluding hydrogens is 254 g/mol. The zero-order chi connectivity index (χ0) is 13.9. The van der Waals surface area contributed by atoms with Gasteiger partial charge in [-0.3, -0.25) is 0 Å². The minimum Gasteiger partial charge on any atom is -0.478 e. The van der Waals surface area contributed by atoms with Crippen LogP contribution in [-0.2, 0) is 0 Å². The molecule has 0 radical (unpaired) electrons. The number of carboxylic acids is 1. The van der Waals surface area contributed by atoms with E-state index in [1.807, 2.05) is 6.07 Å². The van der Waals surface area contributed by atoms with Crippen LogP contribution < -0.4 is 0 Å². The van der Waals surface area contributed by atoms with Crippen molar-refractivity contribution in [2.24, 2.45) is 0 Å². The van der Waals surface area contributed by atoms with E-state index in [2.05, 4.69) is 4.98 Å². The fourth-order valence-corrected chi connectivity index (χ4v) is 3.01. The summed E-state index contributed by atoms with van der Waals surface area (Å²) in [5.74, 6) is 0.0934. The molecule has 1 fully saturated rings. The molecule has 0 spiro atoms. The molecule has 0 aliphatic heterocycles. The van der Waals surface area contributed by atoms with Gasteiger partial charge in [0.05, 0.1) is 0 Å². The Hall–Kier alpha value is -1.84. The van der Waals surface area contributed by atoms with Crippen molar-refractivity contribution in [2.75, 3.05) is 0 Å². The first-order valence-corrected chi connectivity index (χ1v) is 7.38. The van der Waals surface area contributed by atoms with Crippen LogP contribution in [0.25, 0.3) is 11.1 Å². The first kappa shape index (κ1) is 13.2. The van der Waals surface area contributed by atoms with E-state index in [4.69, 9.17) is 4.42 Å². The Balaban J connectivity index is 1.95. The average Bonchev–Trinajstić information content (AvgIpc) is 2.81. The van der Waals surface area contributed by atoms with E-state index in [1.54, 1.807) is 12.1 Å². The van der Waals surface area contributed by atoms with Crippen molar-refractivity contribution in [3.8, 4) is 0 Å². The standard InChI is InChI=1S/C16H19NO3/c18-16(19)12-9-6-10-13-14(12)20-15(17-13)11-7-4-2-1-3-5-8-11/h6,9-11H,1-5,7-8H2,(H,18,19). The van der Waals surface area contributed by atoms with Crippen molar-refractivity contribution in [1.82, 2.24) is 4.98 Å². The zero-order valence-corrected chi connectivity index (χ0v) is 11.5. The van der Waals surface area contributed by atoms with E-state index in [1.165, 1.54) is 32.1 Å². The summed E-state index contributed by atoms with van der Waals surface area (Å²) in [5, 5.41) is 9.20. The van der Waals surface area contributed by atoms with Crippen molar-refractivity contribution in [3.05, 3.63) is 29.7 Å². The molecule has 0 unspecified atom stereocenters. The highest BCUT2D eigenvalue weighted by Crippen LogP contribution is 2.33. The van der Waals surface area contributed by atoms with Gasteiger partial charge in [-0.15, -0.1) is 0 Å². The Morgan fingerprint density at radius 2 is 1.85 bits per heavy atom. The van der Waals surface area contributed by atoms with Crippen LogP contribution >= 0.6 is 0 Å². The number of nitrogens with zero attached hydrogens (tertiary/aromatic N) is 1. The summed E-state index contributed by atoms with van der Waals surface area (Å²) < 4.78 is 5.80. The van der Waals surface area contributed by atoms with Gasteiger partial charge in [0.2, 0.25) is 0 Å². The third-order valence-corrected chi connectivity index (χ3v) is 4.12. The molecule has 0 amide bonds. The fourth-order valence-electron chi connectivity index (χ4n) is 3.01. The van der Waals surface area contributed by atoms with Crippen molar-refractivity contribution >= 4 is 17.1 Å². The number of carboxylic acid groups (broad SMARTS) is 1. The summed E-state index contributed by atoms with van der Waals surface area (Å²) >= 11 is 0. The number of benzene rings is 1. The Kier molecular flexibility index (Phi) is 3.72. The maximum absolute atomic E-state index is 11.2. The lowest BCUT2D eigenvalue weighted by Gasteiger charge is -2.16. The van der Waals surface area contributed by atoms with Gasteiger partial charge >= 0.3 is 5.97 Å². The number of aromatic nitrogens is 1. The number of rotatable bonds is 2. The molecule has 4 nitrogen and oxygen atoms in total. The second kappa shape index (κ2) is 5.65. The summed E-state index contributed by atoms with van der Waals surface area (Å²) in [6.45, 7) is 0. The van der Waals surface area contributed by atoms with Crippen LogP contribution in [-0.4, -0.2) is 16.1 Å². The zero-order valence-electron chi connectivity index (χ0n) is 11.5. The molecule has 1 aromatic carbocycles. The third kappa shape index (κ3) is 2.55. The normalized spacial score (nSPS) is 17.8. The van der Waals surface area contributed by atoms with Crippen LogP contribution in [0.3, 0.4) is 0 Å². The molecule has 1 saturated carbocycles. The van der Waals surface area contributed by atoms with Gasteiger partial charge in [0.1, 0.15) is 11.1 Å². The van der Waals surface area contributed by atoms with E-state index in [-0.39, 0.29) is 5.56 Å². The summed E-state index contributed by atoms with van der Waals surface area (Å²) in [7, 11) is 0. The molecule has 3 rings (SSSR count). The number of aromatic carboxylic acids is 1. The second-order valence-electron chi connectivity index (χ2n) is 5.55. The van der Waals surface area contributed by atoms with Crippen LogP contribution in [0.2, 0.25) is 0 Å². The highest BCUT2D eigenvalue weighted by Gasteiger charge is 2.21. The molecule has 106 valence electrons. The lowest BCUT2D eigenvalue weighted by molar-refractivity contribution is 0.0697. The van der Waals surface area contributed by atoms with Crippen molar-refractivity contribution in [1.29, 1.82) is 0 Å². The van der Waals surface area contributed by atoms with Gasteiger partial charge in [-0.25, -0.2) is 9.78 Å². The molecule has 2 aromatic rings. The van der Waals surface area contributed by atoms with Gasteiger partial charge in [-0.05, 0) is 25.0 Å². The van der Waals surface area contributed by atoms with Crippen molar-refractivity contribution < 1.29 is 14.3 Å². The summed E-state index contributed by atoms with van der Waals surface area (Å²) in [5.41, 5.74) is 1.27. The Labute approximate surface area is 117 Å². The predicted molar refractivity (Wildman–Crippen MR) is 76.0 cm³/mol. The van der Waals surface area contributed by atoms with Crippen LogP contribution in [0.15, 0.2) is 22.6 Å². The van der Waals surface area contributed by atoms with E-state index in [0.717, 1.165) is 18.7 Å². The van der Waals surface area contributed by atoms with E-state index >= 15 is 0 Å². The van der Waals surface area contributed by atoms with Crippen LogP contribution in [0, 0.1) is 0 Å². The minimum atomic E-state index is -0.962. The maximum Gasteiger partial charge on any atom is 0.339 e. The van der Waals surface area contributed by atoms with Gasteiger partial charge in [0.25, 0.3) is 0 Å². The minimum absolute atomic E-state index is 0.201. The number of para-hydroxylation sites is 1. The molecule has 1 heterocycles. The Morgan fingerprint density at radius 3 is 2.55 bits per heavy atom. The molecule has 0 atom stereocenters. The van der Waals surface area contributed by atoms with Gasteiger partial charge < -0.3 is 9.52 Å². The first-order valence-electron chi connectivity index (χ1n) is 7.38. The molecule has 0 saturated heterocycles. The van der Waals surface area contributed by atoms with Crippen LogP contribution in [0.1, 0.15) is 67.1 Å². The van der Waals surface area contributed by atoms with Crippen molar-refractivity contribution in [3.63, 3.8) is 0 Å². The molecule has 1 N–H and O–H groups in total. The lowest BCUT2D eigenvalue weighted by atomic mass is 9.91. The molecule has 1 aliphatic carbocycles. The quantitative estimate of drug-likeness (QED) is 0.883. The molecule has 1 aliphatic rings. The summed E-state index contributed by atoms with van der Waals surface area (Å²) in [6.07, 6.45) is 8.46. The number of hydrogen-bond acceptors (Lipinski definition) is 3. The largest absolute Gasteiger partial charge is 0.478 e. The smallest absolute Gasteiger partial charge is 0.339 e. The van der Waals surface area contributed by atoms with Gasteiger partial charge in [-0.2, -0.15) is 0 Å². The molecular formula is C16H19NO3. The van der Waals surface area contributed by atoms with Gasteiger partial charge in [0.15, 0.2) is 11.5 Å². The van der Waals surface area contributed by atoms with E-state index in [0.29, 0.717) is 17.0 Å². The van der Waals surface area contributed by atoms with E-state index in [9.17, 15) is 9.90 Å². The molecule has 1 aromatic heterocycles. The number of oxazole rings is 1. The topological polar surface area (TPSA) is 63.3 Å². The van der Waals surface area contributed by atoms with Gasteiger partial charge in [-0.1, -0.05) is 38.2 Å². The number of hydrogen-bond donors (Lipinski definition) is 1. The highest BCUT2D eigenvalue weighted by molar-refractivity contribution is 5.99. The van der Waals surface area contributed by atoms with Crippen LogP contribution in [0.4, 0.5) is 0 Å². The van der Waals surface area contributed by atoms with Crippen LogP contribution in [0.5, 0.6) is 0 Å². The second-order valence-corrected chi connectivity index (χ2v) is 5.55. The first-order chi connectivity index (χ1) is 9.75. The van der Waals surface area contributed by atoms with E-state index < -0.39 is 5.97 Å². The number of fused-ring (bicyclic) bond motifs is 1. The third-order valence-electron chi connectivity index (χ3n) is 4.12. The highest BCUT2D eigenvalue weighted by atomic mass is 16.4. The predicted octanol–water partition coefficient (Wildman–Crippen LogP) is 4.35. The Morgan fingerprint density at radius 1 is 1.15 bits per heavy atom. The van der Waals surface area contributed by atoms with Crippen molar-refractivity contribution in [2.45, 2.75) is 50.9 Å². The summed E-state index contributed by atoms with van der Waals surface area (Å²) in [4.78, 5) is 15.7. The fraction of sp³-hybridized carbons (Fsp3) is 0.500. The number of carbonyl (C=O) groups is 1. The average molecular weight is 273 g/mol. The maximum atomic E-state index is 11.2.